The van der Waals surface area contributed by atoms with E-state index in [4.69, 9.17) is 11.6 Å². The number of carbonyl (C=O) groups excluding carboxylic acids is 1. The quantitative estimate of drug-likeness (QED) is 0.813. The first kappa shape index (κ1) is 16.2. The molecule has 0 spiro atoms. The van der Waals surface area contributed by atoms with Gasteiger partial charge >= 0.3 is 0 Å². The summed E-state index contributed by atoms with van der Waals surface area (Å²) in [4.78, 5) is 16.5. The van der Waals surface area contributed by atoms with Crippen LogP contribution in [-0.2, 0) is 11.2 Å². The molecule has 7 heteroatoms. The van der Waals surface area contributed by atoms with Gasteiger partial charge in [0.2, 0.25) is 5.91 Å². The zero-order chi connectivity index (χ0) is 15.6. The number of carbonyl (C=O) groups is 1. The van der Waals surface area contributed by atoms with E-state index in [0.29, 0.717) is 40.2 Å². The highest BCUT2D eigenvalue weighted by Gasteiger charge is 2.21. The van der Waals surface area contributed by atoms with Crippen LogP contribution in [0.2, 0.25) is 0 Å². The van der Waals surface area contributed by atoms with Crippen LogP contribution in [0.15, 0.2) is 16.6 Å². The maximum atomic E-state index is 13.7. The van der Waals surface area contributed by atoms with Gasteiger partial charge in [-0.25, -0.2) is 9.37 Å². The van der Waals surface area contributed by atoms with E-state index in [1.165, 1.54) is 6.07 Å². The molecule has 1 atom stereocenters. The van der Waals surface area contributed by atoms with Gasteiger partial charge in [-0.15, -0.1) is 11.6 Å². The molecule has 0 aliphatic heterocycles. The molecule has 0 saturated heterocycles. The molecular formula is C14H16BrClFN3O. The average Bonchev–Trinajstić information content (AvgIpc) is 2.76. The van der Waals surface area contributed by atoms with Crippen molar-refractivity contribution < 1.29 is 9.18 Å². The van der Waals surface area contributed by atoms with Gasteiger partial charge in [0.05, 0.1) is 15.5 Å². The molecule has 21 heavy (non-hydrogen) atoms. The summed E-state index contributed by atoms with van der Waals surface area (Å²) in [5.41, 5.74) is 1.23. The second-order valence-electron chi connectivity index (χ2n) is 4.66. The zero-order valence-electron chi connectivity index (χ0n) is 11.8. The summed E-state index contributed by atoms with van der Waals surface area (Å²) in [5, 5.41) is 2.79. The predicted octanol–water partition coefficient (Wildman–Crippen LogP) is 3.42. The van der Waals surface area contributed by atoms with Gasteiger partial charge in [0.1, 0.15) is 17.7 Å². The summed E-state index contributed by atoms with van der Waals surface area (Å²) in [6.45, 7) is 4.21. The molecule has 0 fully saturated rings. The maximum Gasteiger partial charge on any atom is 0.242 e. The van der Waals surface area contributed by atoms with E-state index >= 15 is 0 Å². The van der Waals surface area contributed by atoms with Crippen LogP contribution in [0, 0.1) is 5.82 Å². The van der Waals surface area contributed by atoms with Crippen molar-refractivity contribution in [1.29, 1.82) is 0 Å². The first-order valence-corrected chi connectivity index (χ1v) is 8.01. The number of rotatable bonds is 5. The highest BCUT2D eigenvalue weighted by molar-refractivity contribution is 9.10. The molecule has 0 aliphatic carbocycles. The fourth-order valence-corrected chi connectivity index (χ4v) is 2.77. The fourth-order valence-electron chi connectivity index (χ4n) is 2.27. The number of amides is 1. The van der Waals surface area contributed by atoms with Gasteiger partial charge < -0.3 is 9.88 Å². The lowest BCUT2D eigenvalue weighted by molar-refractivity contribution is -0.123. The van der Waals surface area contributed by atoms with Crippen LogP contribution in [0.1, 0.15) is 25.7 Å². The highest BCUT2D eigenvalue weighted by Crippen LogP contribution is 2.27. The largest absolute Gasteiger partial charge is 0.355 e. The van der Waals surface area contributed by atoms with Crippen LogP contribution >= 0.6 is 27.5 Å². The second-order valence-corrected chi connectivity index (χ2v) is 5.89. The molecule has 1 aromatic carbocycles. The number of nitrogens with zero attached hydrogens (tertiary/aromatic N) is 2. The van der Waals surface area contributed by atoms with Gasteiger partial charge in [0.25, 0.3) is 0 Å². The number of aromatic nitrogens is 2. The number of alkyl halides is 1. The van der Waals surface area contributed by atoms with E-state index in [-0.39, 0.29) is 11.7 Å². The summed E-state index contributed by atoms with van der Waals surface area (Å²) in [6, 6.07) is 2.56. The van der Waals surface area contributed by atoms with E-state index in [1.807, 2.05) is 11.5 Å². The Bertz CT molecular complexity index is 674. The Morgan fingerprint density at radius 1 is 1.57 bits per heavy atom. The average molecular weight is 377 g/mol. The summed E-state index contributed by atoms with van der Waals surface area (Å²) >= 11 is 8.98. The zero-order valence-corrected chi connectivity index (χ0v) is 14.1. The number of likely N-dealkylation sites (N-methyl/N-ethyl adjacent to an activating group) is 1. The molecule has 4 nitrogen and oxygen atoms in total. The van der Waals surface area contributed by atoms with Crippen molar-refractivity contribution in [3.63, 3.8) is 0 Å². The SMILES string of the molecule is CCNC(=O)C(C)n1c(CCCl)nc2cc(F)c(Br)cc21. The van der Waals surface area contributed by atoms with Crippen molar-refractivity contribution in [1.82, 2.24) is 14.9 Å². The Balaban J connectivity index is 2.60. The fraction of sp³-hybridized carbons (Fsp3) is 0.429. The van der Waals surface area contributed by atoms with Crippen LogP contribution in [0.5, 0.6) is 0 Å². The summed E-state index contributed by atoms with van der Waals surface area (Å²) < 4.78 is 15.8. The number of imidazole rings is 1. The van der Waals surface area contributed by atoms with Crippen molar-refractivity contribution in [2.75, 3.05) is 12.4 Å². The molecule has 1 amide bonds. The molecule has 0 bridgehead atoms. The molecule has 0 aliphatic rings. The topological polar surface area (TPSA) is 46.9 Å². The van der Waals surface area contributed by atoms with Crippen LogP contribution in [-0.4, -0.2) is 27.9 Å². The third-order valence-electron chi connectivity index (χ3n) is 3.24. The summed E-state index contributed by atoms with van der Waals surface area (Å²) in [5.74, 6) is 0.578. The molecule has 1 aromatic heterocycles. The van der Waals surface area contributed by atoms with E-state index in [1.54, 1.807) is 13.0 Å². The van der Waals surface area contributed by atoms with Gasteiger partial charge in [-0.1, -0.05) is 0 Å². The monoisotopic (exact) mass is 375 g/mol. The molecule has 1 heterocycles. The number of hydrogen-bond acceptors (Lipinski definition) is 2. The molecule has 1 N–H and O–H groups in total. The minimum atomic E-state index is -0.439. The maximum absolute atomic E-state index is 13.7. The Labute approximate surface area is 135 Å². The van der Waals surface area contributed by atoms with Crippen LogP contribution in [0.25, 0.3) is 11.0 Å². The van der Waals surface area contributed by atoms with Gasteiger partial charge in [-0.2, -0.15) is 0 Å². The smallest absolute Gasteiger partial charge is 0.242 e. The molecule has 0 saturated carbocycles. The van der Waals surface area contributed by atoms with Crippen molar-refractivity contribution in [3.05, 3.63) is 28.2 Å². The third kappa shape index (κ3) is 3.21. The first-order valence-electron chi connectivity index (χ1n) is 6.69. The molecular weight excluding hydrogens is 361 g/mol. The van der Waals surface area contributed by atoms with Crippen molar-refractivity contribution in [2.24, 2.45) is 0 Å². The third-order valence-corrected chi connectivity index (χ3v) is 4.04. The summed E-state index contributed by atoms with van der Waals surface area (Å²) in [7, 11) is 0. The minimum Gasteiger partial charge on any atom is -0.355 e. The van der Waals surface area contributed by atoms with E-state index in [0.717, 1.165) is 0 Å². The second kappa shape index (κ2) is 6.75. The minimum absolute atomic E-state index is 0.104. The first-order chi connectivity index (χ1) is 9.99. The molecule has 2 aromatic rings. The predicted molar refractivity (Wildman–Crippen MR) is 85.2 cm³/mol. The van der Waals surface area contributed by atoms with E-state index in [9.17, 15) is 9.18 Å². The molecule has 0 radical (unpaired) electrons. The van der Waals surface area contributed by atoms with Gasteiger partial charge in [0, 0.05) is 24.9 Å². The Hall–Kier alpha value is -1.14. The number of halogens is 3. The standard InChI is InChI=1S/C14H16BrClFN3O/c1-3-18-14(21)8(2)20-12-6-9(15)10(17)7-11(12)19-13(20)4-5-16/h6-8H,3-5H2,1-2H3,(H,18,21). The Kier molecular flexibility index (Phi) is 5.22. The Morgan fingerprint density at radius 2 is 2.29 bits per heavy atom. The Morgan fingerprint density at radius 3 is 2.90 bits per heavy atom. The number of benzene rings is 1. The van der Waals surface area contributed by atoms with E-state index in [2.05, 4.69) is 26.2 Å². The van der Waals surface area contributed by atoms with Crippen LogP contribution in [0.3, 0.4) is 0 Å². The normalized spacial score (nSPS) is 12.6. The lowest BCUT2D eigenvalue weighted by Crippen LogP contribution is -2.31. The lowest BCUT2D eigenvalue weighted by Gasteiger charge is -2.17. The van der Waals surface area contributed by atoms with Crippen LogP contribution in [0.4, 0.5) is 4.39 Å². The highest BCUT2D eigenvalue weighted by atomic mass is 79.9. The van der Waals surface area contributed by atoms with Crippen molar-refractivity contribution >= 4 is 44.5 Å². The molecule has 114 valence electrons. The molecule has 1 unspecified atom stereocenters. The number of aryl methyl sites for hydroxylation is 1. The van der Waals surface area contributed by atoms with Crippen LogP contribution < -0.4 is 5.32 Å². The molecule has 2 rings (SSSR count). The number of nitrogens with one attached hydrogen (secondary N) is 1. The van der Waals surface area contributed by atoms with Gasteiger partial charge in [-0.3, -0.25) is 4.79 Å². The lowest BCUT2D eigenvalue weighted by atomic mass is 10.2. The summed E-state index contributed by atoms with van der Waals surface area (Å²) in [6.07, 6.45) is 0.513. The number of fused-ring (bicyclic) bond motifs is 1. The number of hydrogen-bond donors (Lipinski definition) is 1. The van der Waals surface area contributed by atoms with Crippen molar-refractivity contribution in [3.8, 4) is 0 Å². The van der Waals surface area contributed by atoms with Gasteiger partial charge in [0.15, 0.2) is 0 Å². The van der Waals surface area contributed by atoms with E-state index < -0.39 is 6.04 Å². The van der Waals surface area contributed by atoms with Crippen molar-refractivity contribution in [2.45, 2.75) is 26.3 Å². The van der Waals surface area contributed by atoms with Gasteiger partial charge in [-0.05, 0) is 35.8 Å².